The van der Waals surface area contributed by atoms with Gasteiger partial charge >= 0.3 is 0 Å². The van der Waals surface area contributed by atoms with Gasteiger partial charge in [-0.3, -0.25) is 4.79 Å². The highest BCUT2D eigenvalue weighted by molar-refractivity contribution is 7.13. The molecule has 0 spiro atoms. The summed E-state index contributed by atoms with van der Waals surface area (Å²) < 4.78 is 0. The number of benzene rings is 1. The summed E-state index contributed by atoms with van der Waals surface area (Å²) in [4.78, 5) is 22.8. The molecule has 2 fully saturated rings. The molecule has 27 heavy (non-hydrogen) atoms. The number of carbonyl (C=O) groups excluding carboxylic acids is 1. The number of rotatable bonds is 5. The Morgan fingerprint density at radius 2 is 1.67 bits per heavy atom. The van der Waals surface area contributed by atoms with E-state index in [4.69, 9.17) is 0 Å². The topological polar surface area (TPSA) is 42.1 Å². The predicted molar refractivity (Wildman–Crippen MR) is 109 cm³/mol. The van der Waals surface area contributed by atoms with Gasteiger partial charge in [-0.2, -0.15) is 0 Å². The van der Waals surface area contributed by atoms with Crippen LogP contribution in [0.4, 0.5) is 0 Å². The summed E-state index contributed by atoms with van der Waals surface area (Å²) >= 11 is 1.56. The summed E-state index contributed by atoms with van der Waals surface area (Å²) in [6.07, 6.45) is 2.79. The van der Waals surface area contributed by atoms with Gasteiger partial charge in [0.15, 0.2) is 0 Å². The molecule has 2 saturated heterocycles. The second kappa shape index (κ2) is 8.50. The van der Waals surface area contributed by atoms with Gasteiger partial charge in [0.25, 0.3) is 5.91 Å². The van der Waals surface area contributed by atoms with Crippen molar-refractivity contribution in [1.82, 2.24) is 9.88 Å². The van der Waals surface area contributed by atoms with Crippen LogP contribution in [-0.4, -0.2) is 68.1 Å². The lowest BCUT2D eigenvalue weighted by Gasteiger charge is -2.32. The van der Waals surface area contributed by atoms with Gasteiger partial charge in [-0.05, 0) is 6.92 Å². The number of hydrogen-bond donors (Lipinski definition) is 2. The largest absolute Gasteiger partial charge is 0.330 e. The Labute approximate surface area is 165 Å². The van der Waals surface area contributed by atoms with Crippen molar-refractivity contribution < 1.29 is 14.6 Å². The fourth-order valence-corrected chi connectivity index (χ4v) is 4.92. The van der Waals surface area contributed by atoms with Crippen LogP contribution in [0.3, 0.4) is 0 Å². The van der Waals surface area contributed by atoms with Crippen LogP contribution in [0, 0.1) is 6.92 Å². The van der Waals surface area contributed by atoms with Gasteiger partial charge in [0, 0.05) is 23.8 Å². The number of carbonyl (C=O) groups is 1. The highest BCUT2D eigenvalue weighted by atomic mass is 32.1. The lowest BCUT2D eigenvalue weighted by atomic mass is 10.2. The minimum Gasteiger partial charge on any atom is -0.330 e. The van der Waals surface area contributed by atoms with Crippen LogP contribution >= 0.6 is 11.3 Å². The van der Waals surface area contributed by atoms with Gasteiger partial charge in [0.05, 0.1) is 39.3 Å². The average molecular weight is 387 g/mol. The first kappa shape index (κ1) is 18.6. The first-order valence-corrected chi connectivity index (χ1v) is 11.1. The molecule has 0 atom stereocenters. The number of thiazole rings is 1. The summed E-state index contributed by atoms with van der Waals surface area (Å²) in [5.41, 5.74) is 2.92. The van der Waals surface area contributed by atoms with E-state index < -0.39 is 0 Å². The van der Waals surface area contributed by atoms with Crippen molar-refractivity contribution in [3.05, 3.63) is 40.9 Å². The second-order valence-corrected chi connectivity index (χ2v) is 8.76. The number of nitrogens with zero attached hydrogens (tertiary/aromatic N) is 2. The van der Waals surface area contributed by atoms with E-state index in [1.54, 1.807) is 21.1 Å². The molecule has 2 aliphatic rings. The van der Waals surface area contributed by atoms with E-state index in [1.165, 1.54) is 44.6 Å². The Bertz CT molecular complexity index is 759. The van der Waals surface area contributed by atoms with E-state index in [0.29, 0.717) is 5.69 Å². The lowest BCUT2D eigenvalue weighted by molar-refractivity contribution is -0.954. The summed E-state index contributed by atoms with van der Waals surface area (Å²) in [6.45, 7) is 11.1. The molecule has 0 saturated carbocycles. The van der Waals surface area contributed by atoms with Crippen molar-refractivity contribution in [2.45, 2.75) is 19.8 Å². The molecule has 2 aromatic rings. The number of likely N-dealkylation sites (tertiary alicyclic amines) is 1. The van der Waals surface area contributed by atoms with E-state index in [-0.39, 0.29) is 5.91 Å². The summed E-state index contributed by atoms with van der Waals surface area (Å²) in [5, 5.41) is 2.84. The Morgan fingerprint density at radius 3 is 2.33 bits per heavy atom. The van der Waals surface area contributed by atoms with Crippen LogP contribution < -0.4 is 9.80 Å². The molecule has 3 heterocycles. The molecule has 0 bridgehead atoms. The number of aromatic nitrogens is 1. The van der Waals surface area contributed by atoms with E-state index >= 15 is 0 Å². The summed E-state index contributed by atoms with van der Waals surface area (Å²) in [6, 6.07) is 8.33. The van der Waals surface area contributed by atoms with Gasteiger partial charge in [0.2, 0.25) is 0 Å². The molecule has 2 N–H and O–H groups in total. The fourth-order valence-electron chi connectivity index (χ4n) is 4.12. The molecule has 6 heteroatoms. The normalized spacial score (nSPS) is 18.9. The average Bonchev–Trinajstić information content (AvgIpc) is 3.39. The molecule has 1 aromatic heterocycles. The monoisotopic (exact) mass is 386 g/mol. The lowest BCUT2D eigenvalue weighted by Crippen LogP contribution is -3.21. The molecule has 0 radical (unpaired) electrons. The third-order valence-electron chi connectivity index (χ3n) is 5.92. The van der Waals surface area contributed by atoms with Crippen LogP contribution in [0.1, 0.15) is 28.9 Å². The van der Waals surface area contributed by atoms with Crippen molar-refractivity contribution in [3.63, 3.8) is 0 Å². The zero-order valence-corrected chi connectivity index (χ0v) is 17.0. The Morgan fingerprint density at radius 1 is 1.04 bits per heavy atom. The van der Waals surface area contributed by atoms with Crippen molar-refractivity contribution >= 4 is 17.2 Å². The number of aryl methyl sites for hydroxylation is 1. The maximum Gasteiger partial charge on any atom is 0.273 e. The number of quaternary nitrogens is 2. The minimum absolute atomic E-state index is 0.0915. The summed E-state index contributed by atoms with van der Waals surface area (Å²) in [5.74, 6) is 0.0915. The maximum absolute atomic E-state index is 12.8. The van der Waals surface area contributed by atoms with Crippen LogP contribution in [0.25, 0.3) is 10.6 Å². The zero-order valence-electron chi connectivity index (χ0n) is 16.2. The molecular weight excluding hydrogens is 356 g/mol. The van der Waals surface area contributed by atoms with Gasteiger partial charge in [0.1, 0.15) is 23.8 Å². The van der Waals surface area contributed by atoms with E-state index in [0.717, 1.165) is 36.8 Å². The molecule has 4 rings (SSSR count). The first-order chi connectivity index (χ1) is 13.2. The quantitative estimate of drug-likeness (QED) is 0.768. The maximum atomic E-state index is 12.8. The molecular formula is C21H30N4OS+2. The van der Waals surface area contributed by atoms with E-state index in [1.807, 2.05) is 10.3 Å². The fraction of sp³-hybridized carbons (Fsp3) is 0.524. The number of nitrogens with one attached hydrogen (secondary N) is 2. The molecule has 0 aliphatic carbocycles. The van der Waals surface area contributed by atoms with Crippen LogP contribution in [-0.2, 0) is 0 Å². The van der Waals surface area contributed by atoms with E-state index in [2.05, 4.69) is 36.2 Å². The standard InChI is InChI=1S/C21H28N4OS/c1-17-4-6-18(7-5-17)20-22-19(16-27-20)21(26)25-14-12-24(13-15-25)11-10-23-8-2-3-9-23/h4-7,16H,2-3,8-15H2,1H3/p+2. The molecule has 1 amide bonds. The second-order valence-electron chi connectivity index (χ2n) is 7.90. The van der Waals surface area contributed by atoms with Gasteiger partial charge in [-0.15, -0.1) is 11.3 Å². The smallest absolute Gasteiger partial charge is 0.273 e. The Kier molecular flexibility index (Phi) is 5.86. The Balaban J connectivity index is 1.29. The Hall–Kier alpha value is -1.76. The first-order valence-electron chi connectivity index (χ1n) is 10.2. The minimum atomic E-state index is 0.0915. The summed E-state index contributed by atoms with van der Waals surface area (Å²) in [7, 11) is 0. The molecule has 1 aromatic carbocycles. The third-order valence-corrected chi connectivity index (χ3v) is 6.81. The SMILES string of the molecule is Cc1ccc(-c2nc(C(=O)N3CC[NH+](CC[NH+]4CCCC4)CC3)cs2)cc1. The number of piperazine rings is 1. The van der Waals surface area contributed by atoms with Crippen LogP contribution in [0.15, 0.2) is 29.6 Å². The van der Waals surface area contributed by atoms with Crippen molar-refractivity contribution in [2.24, 2.45) is 0 Å². The third kappa shape index (κ3) is 4.57. The van der Waals surface area contributed by atoms with Crippen LogP contribution in [0.5, 0.6) is 0 Å². The van der Waals surface area contributed by atoms with Crippen molar-refractivity contribution in [1.29, 1.82) is 0 Å². The molecule has 0 unspecified atom stereocenters. The van der Waals surface area contributed by atoms with Gasteiger partial charge < -0.3 is 14.7 Å². The predicted octanol–water partition coefficient (Wildman–Crippen LogP) is 0.138. The number of hydrogen-bond acceptors (Lipinski definition) is 3. The molecule has 144 valence electrons. The van der Waals surface area contributed by atoms with E-state index in [9.17, 15) is 4.79 Å². The van der Waals surface area contributed by atoms with Crippen molar-refractivity contribution in [2.75, 3.05) is 52.4 Å². The van der Waals surface area contributed by atoms with Crippen LogP contribution in [0.2, 0.25) is 0 Å². The molecule has 5 nitrogen and oxygen atoms in total. The number of amides is 1. The van der Waals surface area contributed by atoms with Crippen molar-refractivity contribution in [3.8, 4) is 10.6 Å². The molecule has 2 aliphatic heterocycles. The highest BCUT2D eigenvalue weighted by Gasteiger charge is 2.27. The zero-order chi connectivity index (χ0) is 18.6. The highest BCUT2D eigenvalue weighted by Crippen LogP contribution is 2.24. The van der Waals surface area contributed by atoms with Gasteiger partial charge in [-0.25, -0.2) is 4.98 Å². The van der Waals surface area contributed by atoms with Gasteiger partial charge in [-0.1, -0.05) is 29.8 Å².